The SMILES string of the molecule is CC(CNS(=O)(=O)C(C)C)c1ccc(-c2ccc(C(=O)CNS(C)(=O)=O)cc2)cc1. The Kier molecular flexibility index (Phi) is 7.93. The average molecular weight is 453 g/mol. The lowest BCUT2D eigenvalue weighted by molar-refractivity contribution is 0.0997. The Morgan fingerprint density at radius 2 is 1.33 bits per heavy atom. The second kappa shape index (κ2) is 9.82. The summed E-state index contributed by atoms with van der Waals surface area (Å²) in [5.74, 6) is -0.282. The van der Waals surface area contributed by atoms with Crippen LogP contribution in [0.15, 0.2) is 48.5 Å². The van der Waals surface area contributed by atoms with Gasteiger partial charge in [0.1, 0.15) is 0 Å². The predicted molar refractivity (Wildman–Crippen MR) is 120 cm³/mol. The Morgan fingerprint density at radius 1 is 0.833 bits per heavy atom. The average Bonchev–Trinajstić information content (AvgIpc) is 2.70. The van der Waals surface area contributed by atoms with E-state index in [1.165, 1.54) is 0 Å². The van der Waals surface area contributed by atoms with Gasteiger partial charge in [-0.2, -0.15) is 0 Å². The van der Waals surface area contributed by atoms with Gasteiger partial charge in [0.25, 0.3) is 0 Å². The van der Waals surface area contributed by atoms with E-state index in [0.717, 1.165) is 22.9 Å². The standard InChI is InChI=1S/C21H28N2O5S2/c1-15(2)30(27,28)23-13-16(3)17-5-7-18(8-6-17)19-9-11-20(12-10-19)21(24)14-22-29(4,25)26/h5-12,15-16,22-23H,13-14H2,1-4H3. The monoisotopic (exact) mass is 452 g/mol. The van der Waals surface area contributed by atoms with Crippen molar-refractivity contribution in [1.29, 1.82) is 0 Å². The third kappa shape index (κ3) is 7.02. The Balaban J connectivity index is 2.03. The molecule has 2 rings (SSSR count). The molecule has 0 saturated carbocycles. The first-order valence-corrected chi connectivity index (χ1v) is 13.0. The highest BCUT2D eigenvalue weighted by atomic mass is 32.2. The van der Waals surface area contributed by atoms with Gasteiger partial charge in [0.05, 0.1) is 18.1 Å². The molecule has 0 bridgehead atoms. The second-order valence-electron chi connectivity index (χ2n) is 7.56. The second-order valence-corrected chi connectivity index (χ2v) is 11.7. The summed E-state index contributed by atoms with van der Waals surface area (Å²) in [7, 11) is -6.71. The highest BCUT2D eigenvalue weighted by molar-refractivity contribution is 7.90. The molecule has 2 aromatic rings. The van der Waals surface area contributed by atoms with Gasteiger partial charge in [0, 0.05) is 12.1 Å². The summed E-state index contributed by atoms with van der Waals surface area (Å²) in [6, 6.07) is 14.8. The Hall–Kier alpha value is -2.07. The first-order chi connectivity index (χ1) is 13.9. The van der Waals surface area contributed by atoms with Crippen LogP contribution >= 0.6 is 0 Å². The lowest BCUT2D eigenvalue weighted by atomic mass is 9.97. The van der Waals surface area contributed by atoms with Crippen molar-refractivity contribution < 1.29 is 21.6 Å². The summed E-state index contributed by atoms with van der Waals surface area (Å²) in [6.45, 7) is 5.30. The van der Waals surface area contributed by atoms with Crippen molar-refractivity contribution in [2.75, 3.05) is 19.3 Å². The molecule has 30 heavy (non-hydrogen) atoms. The van der Waals surface area contributed by atoms with Crippen molar-refractivity contribution in [2.45, 2.75) is 31.9 Å². The van der Waals surface area contributed by atoms with Gasteiger partial charge >= 0.3 is 0 Å². The summed E-state index contributed by atoms with van der Waals surface area (Å²) in [5.41, 5.74) is 3.32. The van der Waals surface area contributed by atoms with Crippen LogP contribution < -0.4 is 9.44 Å². The molecule has 9 heteroatoms. The van der Waals surface area contributed by atoms with Crippen LogP contribution in [0.4, 0.5) is 0 Å². The van der Waals surface area contributed by atoms with Gasteiger partial charge in [-0.15, -0.1) is 0 Å². The van der Waals surface area contributed by atoms with E-state index in [1.54, 1.807) is 26.0 Å². The molecular weight excluding hydrogens is 424 g/mol. The number of sulfonamides is 2. The molecule has 0 aromatic heterocycles. The van der Waals surface area contributed by atoms with Crippen molar-refractivity contribution >= 4 is 25.8 Å². The van der Waals surface area contributed by atoms with Gasteiger partial charge in [-0.05, 0) is 36.5 Å². The Labute approximate surface area is 179 Å². The van der Waals surface area contributed by atoms with E-state index < -0.39 is 25.3 Å². The maximum atomic E-state index is 12.1. The quantitative estimate of drug-likeness (QED) is 0.539. The highest BCUT2D eigenvalue weighted by Gasteiger charge is 2.17. The zero-order chi connectivity index (χ0) is 22.5. The van der Waals surface area contributed by atoms with Crippen LogP contribution in [-0.4, -0.2) is 47.2 Å². The predicted octanol–water partition coefficient (Wildman–Crippen LogP) is 2.52. The summed E-state index contributed by atoms with van der Waals surface area (Å²) >= 11 is 0. The summed E-state index contributed by atoms with van der Waals surface area (Å²) in [5, 5.41) is -0.468. The zero-order valence-corrected chi connectivity index (χ0v) is 19.2. The number of benzene rings is 2. The molecule has 1 unspecified atom stereocenters. The first kappa shape index (κ1) is 24.2. The minimum atomic E-state index is -3.42. The van der Waals surface area contributed by atoms with E-state index in [2.05, 4.69) is 9.44 Å². The number of hydrogen-bond acceptors (Lipinski definition) is 5. The lowest BCUT2D eigenvalue weighted by Gasteiger charge is -2.15. The number of carbonyl (C=O) groups is 1. The molecule has 1 atom stereocenters. The van der Waals surface area contributed by atoms with Crippen LogP contribution in [0.2, 0.25) is 0 Å². The molecule has 2 aromatic carbocycles. The maximum absolute atomic E-state index is 12.1. The maximum Gasteiger partial charge on any atom is 0.213 e. The van der Waals surface area contributed by atoms with Gasteiger partial charge in [0.2, 0.25) is 20.0 Å². The van der Waals surface area contributed by atoms with Crippen molar-refractivity contribution in [3.05, 3.63) is 59.7 Å². The highest BCUT2D eigenvalue weighted by Crippen LogP contribution is 2.23. The van der Waals surface area contributed by atoms with Crippen molar-refractivity contribution in [3.63, 3.8) is 0 Å². The fraction of sp³-hybridized carbons (Fsp3) is 0.381. The number of rotatable bonds is 10. The number of hydrogen-bond donors (Lipinski definition) is 2. The number of Topliss-reactive ketones (excluding diaryl/α,β-unsaturated/α-hetero) is 1. The largest absolute Gasteiger partial charge is 0.293 e. The molecule has 0 fully saturated rings. The van der Waals surface area contributed by atoms with Crippen molar-refractivity contribution in [1.82, 2.24) is 9.44 Å². The van der Waals surface area contributed by atoms with Crippen molar-refractivity contribution in [2.24, 2.45) is 0 Å². The van der Waals surface area contributed by atoms with Crippen LogP contribution in [-0.2, 0) is 20.0 Å². The van der Waals surface area contributed by atoms with Gasteiger partial charge in [0.15, 0.2) is 5.78 Å². The molecule has 164 valence electrons. The molecule has 0 heterocycles. The number of carbonyl (C=O) groups excluding carboxylic acids is 1. The third-order valence-electron chi connectivity index (χ3n) is 4.73. The molecule has 0 aliphatic rings. The van der Waals surface area contributed by atoms with Gasteiger partial charge in [-0.25, -0.2) is 26.3 Å². The summed E-state index contributed by atoms with van der Waals surface area (Å²) < 4.78 is 50.8. The minimum absolute atomic E-state index is 0.0231. The van der Waals surface area contributed by atoms with Crippen LogP contribution in [0.5, 0.6) is 0 Å². The topological polar surface area (TPSA) is 109 Å². The van der Waals surface area contributed by atoms with Crippen LogP contribution in [0, 0.1) is 0 Å². The van der Waals surface area contributed by atoms with Crippen molar-refractivity contribution in [3.8, 4) is 11.1 Å². The molecule has 2 N–H and O–H groups in total. The fourth-order valence-corrected chi connectivity index (χ4v) is 3.89. The first-order valence-electron chi connectivity index (χ1n) is 9.56. The number of ketones is 1. The molecule has 0 saturated heterocycles. The van der Waals surface area contributed by atoms with Gasteiger partial charge in [-0.3, -0.25) is 4.79 Å². The van der Waals surface area contributed by atoms with E-state index in [4.69, 9.17) is 0 Å². The van der Waals surface area contributed by atoms with Crippen LogP contribution in [0.25, 0.3) is 11.1 Å². The van der Waals surface area contributed by atoms with Gasteiger partial charge < -0.3 is 0 Å². The molecule has 0 spiro atoms. The molecular formula is C21H28N2O5S2. The van der Waals surface area contributed by atoms with E-state index in [1.807, 2.05) is 43.3 Å². The molecule has 7 nitrogen and oxygen atoms in total. The van der Waals surface area contributed by atoms with E-state index in [9.17, 15) is 21.6 Å². The smallest absolute Gasteiger partial charge is 0.213 e. The molecule has 0 amide bonds. The van der Waals surface area contributed by atoms with E-state index >= 15 is 0 Å². The van der Waals surface area contributed by atoms with E-state index in [0.29, 0.717) is 12.1 Å². The lowest BCUT2D eigenvalue weighted by Crippen LogP contribution is -2.33. The third-order valence-corrected chi connectivity index (χ3v) is 7.21. The Morgan fingerprint density at radius 3 is 1.80 bits per heavy atom. The molecule has 0 radical (unpaired) electrons. The molecule has 0 aliphatic heterocycles. The van der Waals surface area contributed by atoms with Crippen LogP contribution in [0.1, 0.15) is 42.6 Å². The normalized spacial score (nSPS) is 13.4. The Bertz CT molecular complexity index is 1080. The molecule has 0 aliphatic carbocycles. The van der Waals surface area contributed by atoms with Gasteiger partial charge in [-0.1, -0.05) is 55.5 Å². The van der Waals surface area contributed by atoms with Crippen LogP contribution in [0.3, 0.4) is 0 Å². The zero-order valence-electron chi connectivity index (χ0n) is 17.5. The minimum Gasteiger partial charge on any atom is -0.293 e. The number of nitrogens with one attached hydrogen (secondary N) is 2. The fourth-order valence-electron chi connectivity index (χ4n) is 2.68. The summed E-state index contributed by atoms with van der Waals surface area (Å²) in [4.78, 5) is 12.1. The van der Waals surface area contributed by atoms with E-state index in [-0.39, 0.29) is 18.2 Å². The summed E-state index contributed by atoms with van der Waals surface area (Å²) in [6.07, 6.45) is 1.01.